The molecular weight excluding hydrogens is 649 g/mol. The molecule has 0 fully saturated rings. The van der Waals surface area contributed by atoms with Crippen LogP contribution < -0.4 is 0 Å². The first-order valence-corrected chi connectivity index (χ1v) is 17.8. The molecule has 0 unspecified atom stereocenters. The summed E-state index contributed by atoms with van der Waals surface area (Å²) in [6.07, 6.45) is 1.70. The van der Waals surface area contributed by atoms with Gasteiger partial charge in [0, 0.05) is 32.8 Å². The van der Waals surface area contributed by atoms with Gasteiger partial charge in [-0.1, -0.05) is 121 Å². The van der Waals surface area contributed by atoms with Crippen molar-refractivity contribution in [3.8, 4) is 45.1 Å². The Morgan fingerprint density at radius 1 is 0.377 bits per heavy atom. The van der Waals surface area contributed by atoms with E-state index in [1.54, 1.807) is 6.26 Å². The number of hydrogen-bond donors (Lipinski definition) is 0. The summed E-state index contributed by atoms with van der Waals surface area (Å²) >= 11 is 0. The Kier molecular flexibility index (Phi) is 6.48. The van der Waals surface area contributed by atoms with Crippen LogP contribution in [0.5, 0.6) is 0 Å². The second-order valence-corrected chi connectivity index (χ2v) is 13.4. The summed E-state index contributed by atoms with van der Waals surface area (Å²) in [6, 6.07) is 62.2. The van der Waals surface area contributed by atoms with Crippen molar-refractivity contribution in [2.24, 2.45) is 0 Å². The Bertz CT molecular complexity index is 3170. The van der Waals surface area contributed by atoms with Crippen molar-refractivity contribution in [1.82, 2.24) is 19.1 Å². The highest BCUT2D eigenvalue weighted by Crippen LogP contribution is 2.40. The van der Waals surface area contributed by atoms with Crippen molar-refractivity contribution in [3.63, 3.8) is 0 Å². The predicted octanol–water partition coefficient (Wildman–Crippen LogP) is 12.4. The molecule has 0 bridgehead atoms. The SMILES string of the molecule is c1ccc(-c2ccccc2-c2nc(-n3c4ccccc4c4cc(-c5ccc6c(c5)c5ccccc5n6-c5ccccc5)ccc43)nc3occc23)cc1. The Morgan fingerprint density at radius 3 is 1.62 bits per heavy atom. The number of nitrogens with zero attached hydrogens (tertiary/aromatic N) is 4. The molecule has 0 N–H and O–H groups in total. The summed E-state index contributed by atoms with van der Waals surface area (Å²) < 4.78 is 10.5. The van der Waals surface area contributed by atoms with E-state index in [0.717, 1.165) is 60.8 Å². The number of benzene rings is 7. The molecule has 11 rings (SSSR count). The lowest BCUT2D eigenvalue weighted by Crippen LogP contribution is -2.03. The topological polar surface area (TPSA) is 48.8 Å². The number of furan rings is 1. The van der Waals surface area contributed by atoms with Gasteiger partial charge in [-0.15, -0.1) is 0 Å². The van der Waals surface area contributed by atoms with Crippen molar-refractivity contribution in [2.45, 2.75) is 0 Å². The highest BCUT2D eigenvalue weighted by Gasteiger charge is 2.21. The molecule has 4 heterocycles. The van der Waals surface area contributed by atoms with Gasteiger partial charge in [-0.3, -0.25) is 4.57 Å². The molecule has 0 aliphatic heterocycles. The molecule has 5 nitrogen and oxygen atoms in total. The van der Waals surface area contributed by atoms with Crippen molar-refractivity contribution in [3.05, 3.63) is 182 Å². The van der Waals surface area contributed by atoms with Gasteiger partial charge in [0.05, 0.1) is 39.4 Å². The number of aromatic nitrogens is 4. The van der Waals surface area contributed by atoms with Crippen LogP contribution in [0.3, 0.4) is 0 Å². The van der Waals surface area contributed by atoms with Gasteiger partial charge in [0.2, 0.25) is 11.7 Å². The van der Waals surface area contributed by atoms with Gasteiger partial charge in [0.15, 0.2) is 0 Å². The van der Waals surface area contributed by atoms with Crippen LogP contribution in [0.25, 0.3) is 99.9 Å². The summed E-state index contributed by atoms with van der Waals surface area (Å²) in [5.41, 5.74) is 12.6. The first-order valence-electron chi connectivity index (χ1n) is 17.8. The molecule has 0 aliphatic rings. The van der Waals surface area contributed by atoms with Gasteiger partial charge in [0.25, 0.3) is 0 Å². The third-order valence-electron chi connectivity index (χ3n) is 10.5. The van der Waals surface area contributed by atoms with Crippen LogP contribution in [0, 0.1) is 0 Å². The largest absolute Gasteiger partial charge is 0.446 e. The second kappa shape index (κ2) is 11.7. The van der Waals surface area contributed by atoms with Gasteiger partial charge >= 0.3 is 0 Å². The van der Waals surface area contributed by atoms with E-state index in [4.69, 9.17) is 14.4 Å². The van der Waals surface area contributed by atoms with Crippen LogP contribution >= 0.6 is 0 Å². The molecule has 4 aromatic heterocycles. The number of hydrogen-bond acceptors (Lipinski definition) is 3. The minimum Gasteiger partial charge on any atom is -0.446 e. The second-order valence-electron chi connectivity index (χ2n) is 13.4. The lowest BCUT2D eigenvalue weighted by atomic mass is 9.96. The average molecular weight is 679 g/mol. The summed E-state index contributed by atoms with van der Waals surface area (Å²) in [7, 11) is 0. The highest BCUT2D eigenvalue weighted by atomic mass is 16.3. The monoisotopic (exact) mass is 678 g/mol. The number of para-hydroxylation sites is 3. The van der Waals surface area contributed by atoms with Gasteiger partial charge in [-0.25, -0.2) is 4.98 Å². The van der Waals surface area contributed by atoms with Gasteiger partial charge < -0.3 is 8.98 Å². The first-order chi connectivity index (χ1) is 26.3. The van der Waals surface area contributed by atoms with Crippen LogP contribution in [0.4, 0.5) is 0 Å². The Labute approximate surface area is 304 Å². The zero-order valence-electron chi connectivity index (χ0n) is 28.5. The normalized spacial score (nSPS) is 11.8. The van der Waals surface area contributed by atoms with E-state index in [9.17, 15) is 0 Å². The van der Waals surface area contributed by atoms with E-state index in [2.05, 4.69) is 173 Å². The first kappa shape index (κ1) is 29.5. The maximum Gasteiger partial charge on any atom is 0.238 e. The van der Waals surface area contributed by atoms with Gasteiger partial charge in [0.1, 0.15) is 0 Å². The van der Waals surface area contributed by atoms with E-state index in [0.29, 0.717) is 11.7 Å². The minimum absolute atomic E-state index is 0.554. The number of rotatable bonds is 5. The molecule has 0 radical (unpaired) electrons. The molecule has 248 valence electrons. The predicted molar refractivity (Wildman–Crippen MR) is 217 cm³/mol. The van der Waals surface area contributed by atoms with Crippen LogP contribution in [-0.4, -0.2) is 19.1 Å². The molecule has 0 saturated carbocycles. The fraction of sp³-hybridized carbons (Fsp3) is 0. The fourth-order valence-electron chi connectivity index (χ4n) is 8.08. The maximum absolute atomic E-state index is 5.99. The number of fused-ring (bicyclic) bond motifs is 7. The van der Waals surface area contributed by atoms with E-state index >= 15 is 0 Å². The van der Waals surface area contributed by atoms with Crippen LogP contribution in [0.15, 0.2) is 187 Å². The van der Waals surface area contributed by atoms with Gasteiger partial charge in [-0.2, -0.15) is 4.98 Å². The average Bonchev–Trinajstić information content (AvgIpc) is 3.93. The Morgan fingerprint density at radius 2 is 0.925 bits per heavy atom. The maximum atomic E-state index is 5.99. The lowest BCUT2D eigenvalue weighted by Gasteiger charge is -2.13. The van der Waals surface area contributed by atoms with E-state index in [-0.39, 0.29) is 0 Å². The molecule has 0 aliphatic carbocycles. The summed E-state index contributed by atoms with van der Waals surface area (Å²) in [6.45, 7) is 0. The molecule has 0 saturated heterocycles. The summed E-state index contributed by atoms with van der Waals surface area (Å²) in [5, 5.41) is 5.62. The quantitative estimate of drug-likeness (QED) is 0.182. The molecule has 5 heteroatoms. The van der Waals surface area contributed by atoms with Gasteiger partial charge in [-0.05, 0) is 76.9 Å². The summed E-state index contributed by atoms with van der Waals surface area (Å²) in [5.74, 6) is 0.569. The molecule has 11 aromatic rings. The molecular formula is C48H30N4O. The molecule has 0 amide bonds. The third kappa shape index (κ3) is 4.57. The molecule has 0 spiro atoms. The molecule has 0 atom stereocenters. The van der Waals surface area contributed by atoms with E-state index in [1.807, 2.05) is 12.1 Å². The minimum atomic E-state index is 0.554. The van der Waals surface area contributed by atoms with Crippen LogP contribution in [0.2, 0.25) is 0 Å². The van der Waals surface area contributed by atoms with E-state index < -0.39 is 0 Å². The lowest BCUT2D eigenvalue weighted by molar-refractivity contribution is 0.601. The Balaban J connectivity index is 1.10. The van der Waals surface area contributed by atoms with Crippen LogP contribution in [0.1, 0.15) is 0 Å². The molecule has 7 aromatic carbocycles. The van der Waals surface area contributed by atoms with Crippen molar-refractivity contribution in [1.29, 1.82) is 0 Å². The highest BCUT2D eigenvalue weighted by molar-refractivity contribution is 6.12. The fourth-order valence-corrected chi connectivity index (χ4v) is 8.08. The van der Waals surface area contributed by atoms with Crippen molar-refractivity contribution >= 4 is 54.7 Å². The summed E-state index contributed by atoms with van der Waals surface area (Å²) in [4.78, 5) is 10.4. The van der Waals surface area contributed by atoms with E-state index in [1.165, 1.54) is 27.4 Å². The third-order valence-corrected chi connectivity index (χ3v) is 10.5. The zero-order valence-corrected chi connectivity index (χ0v) is 28.5. The van der Waals surface area contributed by atoms with Crippen LogP contribution in [-0.2, 0) is 0 Å². The smallest absolute Gasteiger partial charge is 0.238 e. The zero-order chi connectivity index (χ0) is 34.9. The van der Waals surface area contributed by atoms with Crippen molar-refractivity contribution < 1.29 is 4.42 Å². The Hall–Kier alpha value is -7.24. The van der Waals surface area contributed by atoms with Crippen molar-refractivity contribution in [2.75, 3.05) is 0 Å². The standard InChI is InChI=1S/C48H30N4O/c1-3-13-31(14-4-1)35-17-7-8-20-38(35)46-39-27-28-53-47(39)50-48(49-46)52-43-22-12-10-19-37(43)41-30-33(24-26-45(41)52)32-23-25-44-40(29-32)36-18-9-11-21-42(36)51(44)34-15-5-2-6-16-34/h1-30H. The molecule has 53 heavy (non-hydrogen) atoms.